The molecule has 0 radical (unpaired) electrons. The lowest BCUT2D eigenvalue weighted by Crippen LogP contribution is -2.61. The maximum Gasteiger partial charge on any atom is 0.242 e. The molecular weight excluding hydrogens is 318 g/mol. The summed E-state index contributed by atoms with van der Waals surface area (Å²) in [4.78, 5) is 28.8. The number of nitrogens with two attached hydrogens (primary N) is 1. The first kappa shape index (κ1) is 17.9. The van der Waals surface area contributed by atoms with E-state index in [1.54, 1.807) is 4.90 Å². The van der Waals surface area contributed by atoms with Crippen LogP contribution in [-0.4, -0.2) is 66.5 Å². The fourth-order valence-electron chi connectivity index (χ4n) is 3.42. The first-order chi connectivity index (χ1) is 12.0. The highest BCUT2D eigenvalue weighted by Crippen LogP contribution is 2.21. The maximum absolute atomic E-state index is 12.7. The number of carbonyl (C=O) groups excluding carboxylic acids is 2. The quantitative estimate of drug-likeness (QED) is 0.876. The van der Waals surface area contributed by atoms with E-state index in [2.05, 4.69) is 0 Å². The zero-order valence-electron chi connectivity index (χ0n) is 14.9. The lowest BCUT2D eigenvalue weighted by Gasteiger charge is -2.41. The van der Waals surface area contributed by atoms with Crippen molar-refractivity contribution in [3.8, 4) is 0 Å². The summed E-state index contributed by atoms with van der Waals surface area (Å²) in [6, 6.07) is 8.04. The normalized spacial score (nSPS) is 20.4. The van der Waals surface area contributed by atoms with Crippen LogP contribution in [0.25, 0.3) is 0 Å². The van der Waals surface area contributed by atoms with Crippen molar-refractivity contribution in [2.24, 2.45) is 5.73 Å². The fraction of sp³-hybridized carbons (Fsp3) is 0.579. The molecule has 0 unspecified atom stereocenters. The molecule has 2 fully saturated rings. The monoisotopic (exact) mass is 345 g/mol. The van der Waals surface area contributed by atoms with E-state index in [1.165, 1.54) is 5.56 Å². The number of aryl methyl sites for hydroxylation is 1. The molecule has 3 rings (SSSR count). The van der Waals surface area contributed by atoms with Crippen molar-refractivity contribution in [3.05, 3.63) is 35.4 Å². The summed E-state index contributed by atoms with van der Waals surface area (Å²) in [5.74, 6) is 0.117. The van der Waals surface area contributed by atoms with Gasteiger partial charge in [0.05, 0.1) is 12.0 Å². The topological polar surface area (TPSA) is 75.9 Å². The van der Waals surface area contributed by atoms with Crippen molar-refractivity contribution >= 4 is 11.8 Å². The fourth-order valence-corrected chi connectivity index (χ4v) is 3.42. The third kappa shape index (κ3) is 4.19. The Hall–Kier alpha value is -1.92. The van der Waals surface area contributed by atoms with Crippen molar-refractivity contribution in [2.75, 3.05) is 39.4 Å². The smallest absolute Gasteiger partial charge is 0.242 e. The SMILES string of the molecule is Cc1ccc(CC(=O)N2CCN(C(=O)C3(N)CCOCC3)CC2)cc1. The van der Waals surface area contributed by atoms with Crippen LogP contribution >= 0.6 is 0 Å². The van der Waals surface area contributed by atoms with Gasteiger partial charge in [0, 0.05) is 39.4 Å². The van der Waals surface area contributed by atoms with Crippen LogP contribution in [-0.2, 0) is 20.7 Å². The van der Waals surface area contributed by atoms with Crippen LogP contribution in [0.15, 0.2) is 24.3 Å². The molecule has 2 N–H and O–H groups in total. The molecule has 2 aliphatic heterocycles. The van der Waals surface area contributed by atoms with Gasteiger partial charge in [0.25, 0.3) is 0 Å². The maximum atomic E-state index is 12.7. The average molecular weight is 345 g/mol. The molecule has 2 heterocycles. The highest BCUT2D eigenvalue weighted by molar-refractivity contribution is 5.86. The molecule has 2 aliphatic rings. The van der Waals surface area contributed by atoms with E-state index in [9.17, 15) is 9.59 Å². The number of hydrogen-bond donors (Lipinski definition) is 1. The second-order valence-corrected chi connectivity index (χ2v) is 7.10. The van der Waals surface area contributed by atoms with E-state index in [4.69, 9.17) is 10.5 Å². The molecule has 0 atom stereocenters. The summed E-state index contributed by atoms with van der Waals surface area (Å²) in [5, 5.41) is 0. The number of amides is 2. The molecule has 2 amide bonds. The van der Waals surface area contributed by atoms with Gasteiger partial charge in [-0.05, 0) is 25.3 Å². The van der Waals surface area contributed by atoms with E-state index in [-0.39, 0.29) is 11.8 Å². The van der Waals surface area contributed by atoms with Gasteiger partial charge in [0.15, 0.2) is 0 Å². The molecule has 0 spiro atoms. The third-order valence-electron chi connectivity index (χ3n) is 5.21. The van der Waals surface area contributed by atoms with E-state index < -0.39 is 5.54 Å². The Kier molecular flexibility index (Phi) is 5.39. The lowest BCUT2D eigenvalue weighted by atomic mass is 9.89. The Labute approximate surface area is 148 Å². The van der Waals surface area contributed by atoms with Crippen molar-refractivity contribution in [2.45, 2.75) is 31.7 Å². The average Bonchev–Trinajstić information content (AvgIpc) is 2.64. The minimum atomic E-state index is -0.799. The summed E-state index contributed by atoms with van der Waals surface area (Å²) in [6.45, 7) is 5.36. The standard InChI is InChI=1S/C19H27N3O3/c1-15-2-4-16(5-3-15)14-17(23)21-8-10-22(11-9-21)18(24)19(20)6-12-25-13-7-19/h2-5H,6-14,20H2,1H3. The number of carbonyl (C=O) groups is 2. The van der Waals surface area contributed by atoms with Crippen LogP contribution in [0.2, 0.25) is 0 Å². The Morgan fingerprint density at radius 3 is 2.20 bits per heavy atom. The van der Waals surface area contributed by atoms with Gasteiger partial charge in [-0.2, -0.15) is 0 Å². The number of hydrogen-bond acceptors (Lipinski definition) is 4. The number of benzene rings is 1. The second kappa shape index (κ2) is 7.54. The number of piperazine rings is 1. The molecule has 0 aliphatic carbocycles. The molecule has 0 saturated carbocycles. The summed E-state index contributed by atoms with van der Waals surface area (Å²) < 4.78 is 5.31. The largest absolute Gasteiger partial charge is 0.381 e. The van der Waals surface area contributed by atoms with Crippen LogP contribution in [0.4, 0.5) is 0 Å². The van der Waals surface area contributed by atoms with Crippen molar-refractivity contribution in [3.63, 3.8) is 0 Å². The third-order valence-corrected chi connectivity index (χ3v) is 5.21. The minimum absolute atomic E-state index is 0.00133. The van der Waals surface area contributed by atoms with Crippen molar-refractivity contribution in [1.29, 1.82) is 0 Å². The van der Waals surface area contributed by atoms with Crippen LogP contribution in [0.5, 0.6) is 0 Å². The summed E-state index contributed by atoms with van der Waals surface area (Å²) in [5.41, 5.74) is 7.70. The number of rotatable bonds is 3. The Morgan fingerprint density at radius 2 is 1.60 bits per heavy atom. The molecule has 136 valence electrons. The van der Waals surface area contributed by atoms with Crippen LogP contribution in [0.3, 0.4) is 0 Å². The molecule has 25 heavy (non-hydrogen) atoms. The Balaban J connectivity index is 1.51. The zero-order chi connectivity index (χ0) is 17.9. The van der Waals surface area contributed by atoms with Gasteiger partial charge < -0.3 is 20.3 Å². The first-order valence-electron chi connectivity index (χ1n) is 8.97. The number of nitrogens with zero attached hydrogens (tertiary/aromatic N) is 2. The molecule has 6 heteroatoms. The van der Waals surface area contributed by atoms with Gasteiger partial charge in [-0.15, -0.1) is 0 Å². The molecule has 1 aromatic rings. The van der Waals surface area contributed by atoms with Gasteiger partial charge in [0.2, 0.25) is 11.8 Å². The summed E-state index contributed by atoms with van der Waals surface area (Å²) in [6.07, 6.45) is 1.54. The second-order valence-electron chi connectivity index (χ2n) is 7.10. The number of ether oxygens (including phenoxy) is 1. The highest BCUT2D eigenvalue weighted by Gasteiger charge is 2.40. The minimum Gasteiger partial charge on any atom is -0.381 e. The van der Waals surface area contributed by atoms with Crippen LogP contribution in [0.1, 0.15) is 24.0 Å². The van der Waals surface area contributed by atoms with Crippen molar-refractivity contribution in [1.82, 2.24) is 9.80 Å². The van der Waals surface area contributed by atoms with Crippen LogP contribution < -0.4 is 5.73 Å². The zero-order valence-corrected chi connectivity index (χ0v) is 14.9. The molecule has 0 bridgehead atoms. The van der Waals surface area contributed by atoms with E-state index in [0.29, 0.717) is 58.7 Å². The van der Waals surface area contributed by atoms with E-state index >= 15 is 0 Å². The van der Waals surface area contributed by atoms with Crippen molar-refractivity contribution < 1.29 is 14.3 Å². The first-order valence-corrected chi connectivity index (χ1v) is 8.97. The molecule has 0 aromatic heterocycles. The van der Waals surface area contributed by atoms with Gasteiger partial charge >= 0.3 is 0 Å². The van der Waals surface area contributed by atoms with Gasteiger partial charge in [-0.3, -0.25) is 9.59 Å². The summed E-state index contributed by atoms with van der Waals surface area (Å²) in [7, 11) is 0. The summed E-state index contributed by atoms with van der Waals surface area (Å²) >= 11 is 0. The van der Waals surface area contributed by atoms with Crippen LogP contribution in [0, 0.1) is 6.92 Å². The highest BCUT2D eigenvalue weighted by atomic mass is 16.5. The van der Waals surface area contributed by atoms with Gasteiger partial charge in [-0.1, -0.05) is 29.8 Å². The lowest BCUT2D eigenvalue weighted by molar-refractivity contribution is -0.145. The molecule has 6 nitrogen and oxygen atoms in total. The Bertz CT molecular complexity index is 615. The Morgan fingerprint density at radius 1 is 1.04 bits per heavy atom. The predicted molar refractivity (Wildman–Crippen MR) is 95.0 cm³/mol. The van der Waals surface area contributed by atoms with Gasteiger partial charge in [-0.25, -0.2) is 0 Å². The molecular formula is C19H27N3O3. The molecule has 2 saturated heterocycles. The van der Waals surface area contributed by atoms with E-state index in [1.807, 2.05) is 36.1 Å². The van der Waals surface area contributed by atoms with Gasteiger partial charge in [0.1, 0.15) is 0 Å². The predicted octanol–water partition coefficient (Wildman–Crippen LogP) is 0.716. The molecule has 1 aromatic carbocycles. The van der Waals surface area contributed by atoms with E-state index in [0.717, 1.165) is 5.56 Å².